The summed E-state index contributed by atoms with van der Waals surface area (Å²) in [5, 5.41) is 0. The Bertz CT molecular complexity index is 1210. The van der Waals surface area contributed by atoms with Crippen LogP contribution in [0.15, 0.2) is 35.5 Å². The van der Waals surface area contributed by atoms with Gasteiger partial charge in [0.15, 0.2) is 40.6 Å². The Morgan fingerprint density at radius 1 is 0.971 bits per heavy atom. The molecule has 34 heavy (non-hydrogen) atoms. The van der Waals surface area contributed by atoms with E-state index in [1.54, 1.807) is 32.0 Å². The first-order valence-electron chi connectivity index (χ1n) is 10.6. The number of halogens is 4. The average molecular weight is 477 g/mol. The highest BCUT2D eigenvalue weighted by Gasteiger charge is 2.46. The van der Waals surface area contributed by atoms with Crippen molar-refractivity contribution in [2.75, 3.05) is 19.1 Å². The van der Waals surface area contributed by atoms with Crippen LogP contribution in [0.1, 0.15) is 44.6 Å². The molecular weight excluding hydrogens is 454 g/mol. The molecule has 0 N–H and O–H groups in total. The summed E-state index contributed by atoms with van der Waals surface area (Å²) in [7, 11) is 2.86. The van der Waals surface area contributed by atoms with Crippen LogP contribution in [-0.2, 0) is 9.59 Å². The third-order valence-corrected chi connectivity index (χ3v) is 6.26. The van der Waals surface area contributed by atoms with Gasteiger partial charge in [-0.05, 0) is 17.9 Å². The first-order valence-corrected chi connectivity index (χ1v) is 10.6. The molecule has 2 aromatic rings. The van der Waals surface area contributed by atoms with E-state index in [4.69, 9.17) is 9.47 Å². The lowest BCUT2D eigenvalue weighted by atomic mass is 9.69. The Labute approximate surface area is 194 Å². The molecule has 2 aromatic carbocycles. The van der Waals surface area contributed by atoms with E-state index in [9.17, 15) is 27.2 Å². The second-order valence-corrected chi connectivity index (χ2v) is 9.19. The van der Waals surface area contributed by atoms with Gasteiger partial charge in [-0.2, -0.15) is 0 Å². The van der Waals surface area contributed by atoms with Crippen LogP contribution in [0.3, 0.4) is 0 Å². The highest BCUT2D eigenvalue weighted by Crippen LogP contribution is 2.51. The molecule has 2 aliphatic rings. The molecule has 0 spiro atoms. The predicted octanol–water partition coefficient (Wildman–Crippen LogP) is 5.42. The van der Waals surface area contributed by atoms with Crippen LogP contribution in [0.4, 0.5) is 23.2 Å². The van der Waals surface area contributed by atoms with Crippen LogP contribution in [0.25, 0.3) is 0 Å². The number of nitrogens with zero attached hydrogens (tertiary/aromatic N) is 1. The number of carbonyl (C=O) groups is 2. The summed E-state index contributed by atoms with van der Waals surface area (Å²) < 4.78 is 68.4. The minimum atomic E-state index is -1.70. The van der Waals surface area contributed by atoms with Crippen molar-refractivity contribution < 1.29 is 36.6 Å². The number of para-hydroxylation sites is 1. The minimum Gasteiger partial charge on any atom is -0.493 e. The molecule has 4 rings (SSSR count). The fourth-order valence-electron chi connectivity index (χ4n) is 4.88. The van der Waals surface area contributed by atoms with E-state index in [1.807, 2.05) is 0 Å². The van der Waals surface area contributed by atoms with E-state index in [0.717, 1.165) is 0 Å². The standard InChI is InChI=1S/C25H23F4NO4/c1-25(2)10-16-20(17(31)11-25)13(12-6-5-7-18(33-3)24(12)34-4)8-19(32)30(16)23-21(28)14(26)9-15(27)22(23)29/h5-7,9,13H,8,10-11H2,1-4H3. The second kappa shape index (κ2) is 8.45. The van der Waals surface area contributed by atoms with Crippen molar-refractivity contribution in [3.8, 4) is 11.5 Å². The van der Waals surface area contributed by atoms with E-state index >= 15 is 0 Å². The van der Waals surface area contributed by atoms with Crippen molar-refractivity contribution in [3.63, 3.8) is 0 Å². The number of methoxy groups -OCH3 is 2. The monoisotopic (exact) mass is 477 g/mol. The lowest BCUT2D eigenvalue weighted by molar-refractivity contribution is -0.121. The van der Waals surface area contributed by atoms with Gasteiger partial charge in [0.2, 0.25) is 5.91 Å². The van der Waals surface area contributed by atoms with Gasteiger partial charge < -0.3 is 9.47 Å². The van der Waals surface area contributed by atoms with Crippen LogP contribution in [0, 0.1) is 28.7 Å². The summed E-state index contributed by atoms with van der Waals surface area (Å²) in [6.45, 7) is 3.54. The van der Waals surface area contributed by atoms with E-state index in [-0.39, 0.29) is 42.4 Å². The van der Waals surface area contributed by atoms with Gasteiger partial charge in [0.1, 0.15) is 5.69 Å². The Hall–Kier alpha value is -3.36. The minimum absolute atomic E-state index is 0.0233. The maximum atomic E-state index is 14.8. The van der Waals surface area contributed by atoms with Crippen molar-refractivity contribution in [1.82, 2.24) is 0 Å². The zero-order chi connectivity index (χ0) is 24.9. The third kappa shape index (κ3) is 3.73. The van der Waals surface area contributed by atoms with Crippen molar-refractivity contribution >= 4 is 17.4 Å². The maximum Gasteiger partial charge on any atom is 0.232 e. The van der Waals surface area contributed by atoms with Crippen LogP contribution in [0.2, 0.25) is 0 Å². The summed E-state index contributed by atoms with van der Waals surface area (Å²) in [4.78, 5) is 27.4. The van der Waals surface area contributed by atoms with Gasteiger partial charge in [-0.1, -0.05) is 26.0 Å². The van der Waals surface area contributed by atoms with Gasteiger partial charge in [-0.15, -0.1) is 0 Å². The summed E-state index contributed by atoms with van der Waals surface area (Å²) in [6.07, 6.45) is -0.162. The number of amides is 1. The van der Waals surface area contributed by atoms with E-state index in [0.29, 0.717) is 22.0 Å². The molecule has 1 heterocycles. The smallest absolute Gasteiger partial charge is 0.232 e. The number of hydrogen-bond donors (Lipinski definition) is 0. The molecule has 9 heteroatoms. The molecule has 0 saturated heterocycles. The number of rotatable bonds is 4. The van der Waals surface area contributed by atoms with Crippen molar-refractivity contribution in [2.45, 2.75) is 39.0 Å². The van der Waals surface area contributed by atoms with E-state index in [2.05, 4.69) is 0 Å². The number of ketones is 1. The summed E-state index contributed by atoms with van der Waals surface area (Å²) in [6, 6.07) is 5.08. The van der Waals surface area contributed by atoms with Gasteiger partial charge in [0.25, 0.3) is 0 Å². The topological polar surface area (TPSA) is 55.8 Å². The highest BCUT2D eigenvalue weighted by molar-refractivity contribution is 6.08. The number of allylic oxidation sites excluding steroid dienone is 2. The zero-order valence-electron chi connectivity index (χ0n) is 19.1. The zero-order valence-corrected chi connectivity index (χ0v) is 19.1. The lowest BCUT2D eigenvalue weighted by Gasteiger charge is -2.43. The molecule has 0 radical (unpaired) electrons. The average Bonchev–Trinajstić information content (AvgIpc) is 2.77. The van der Waals surface area contributed by atoms with Crippen molar-refractivity contribution in [1.29, 1.82) is 0 Å². The number of benzene rings is 2. The predicted molar refractivity (Wildman–Crippen MR) is 116 cm³/mol. The maximum absolute atomic E-state index is 14.8. The molecule has 180 valence electrons. The van der Waals surface area contributed by atoms with Crippen LogP contribution in [-0.4, -0.2) is 25.9 Å². The fraction of sp³-hybridized carbons (Fsp3) is 0.360. The Morgan fingerprint density at radius 2 is 1.62 bits per heavy atom. The van der Waals surface area contributed by atoms with Crippen LogP contribution < -0.4 is 14.4 Å². The molecule has 0 saturated carbocycles. The van der Waals surface area contributed by atoms with Gasteiger partial charge in [-0.3, -0.25) is 14.5 Å². The van der Waals surface area contributed by atoms with Gasteiger partial charge in [-0.25, -0.2) is 17.6 Å². The first kappa shape index (κ1) is 23.8. The summed E-state index contributed by atoms with van der Waals surface area (Å²) in [5.74, 6) is -7.90. The molecule has 1 aliphatic heterocycles. The van der Waals surface area contributed by atoms with Gasteiger partial charge in [0.05, 0.1) is 14.2 Å². The molecular formula is C25H23F4NO4. The molecule has 1 amide bonds. The van der Waals surface area contributed by atoms with Gasteiger partial charge in [0, 0.05) is 41.7 Å². The van der Waals surface area contributed by atoms with E-state index in [1.165, 1.54) is 14.2 Å². The van der Waals surface area contributed by atoms with Crippen molar-refractivity contribution in [3.05, 3.63) is 64.4 Å². The SMILES string of the molecule is COc1cccc(C2CC(=O)N(c3c(F)c(F)cc(F)c3F)C3=C2C(=O)CC(C)(C)C3)c1OC. The van der Waals surface area contributed by atoms with E-state index < -0.39 is 46.2 Å². The number of hydrogen-bond acceptors (Lipinski definition) is 4. The largest absolute Gasteiger partial charge is 0.493 e. The van der Waals surface area contributed by atoms with Crippen LogP contribution in [0.5, 0.6) is 11.5 Å². The lowest BCUT2D eigenvalue weighted by Crippen LogP contribution is -2.44. The highest BCUT2D eigenvalue weighted by atomic mass is 19.2. The molecule has 5 nitrogen and oxygen atoms in total. The number of carbonyl (C=O) groups excluding carboxylic acids is 2. The quantitative estimate of drug-likeness (QED) is 0.436. The molecule has 0 bridgehead atoms. The number of anilines is 1. The Balaban J connectivity index is 2.01. The second-order valence-electron chi connectivity index (χ2n) is 9.19. The fourth-order valence-corrected chi connectivity index (χ4v) is 4.88. The molecule has 1 unspecified atom stereocenters. The molecule has 0 fully saturated rings. The molecule has 1 atom stereocenters. The van der Waals surface area contributed by atoms with Crippen molar-refractivity contribution in [2.24, 2.45) is 5.41 Å². The van der Waals surface area contributed by atoms with Crippen LogP contribution >= 0.6 is 0 Å². The Morgan fingerprint density at radius 3 is 2.21 bits per heavy atom. The Kier molecular flexibility index (Phi) is 5.91. The number of Topliss-reactive ketones (excluding diaryl/α,β-unsaturated/α-hetero) is 1. The summed E-state index contributed by atoms with van der Waals surface area (Å²) in [5.41, 5.74) is -1.14. The van der Waals surface area contributed by atoms with Gasteiger partial charge >= 0.3 is 0 Å². The summed E-state index contributed by atoms with van der Waals surface area (Å²) >= 11 is 0. The molecule has 0 aromatic heterocycles. The molecule has 1 aliphatic carbocycles. The third-order valence-electron chi connectivity index (χ3n) is 6.26. The normalized spacial score (nSPS) is 19.9. The number of ether oxygens (including phenoxy) is 2. The first-order chi connectivity index (χ1) is 16.0.